The Hall–Kier alpha value is -1.30. The maximum Gasteiger partial charge on any atom is 0.317 e. The molecule has 0 radical (unpaired) electrons. The van der Waals surface area contributed by atoms with Crippen LogP contribution in [0, 0.1) is 5.92 Å². The van der Waals surface area contributed by atoms with Gasteiger partial charge in [-0.2, -0.15) is 0 Å². The summed E-state index contributed by atoms with van der Waals surface area (Å²) in [6.07, 6.45) is 1.07. The van der Waals surface area contributed by atoms with Gasteiger partial charge in [0.2, 0.25) is 0 Å². The van der Waals surface area contributed by atoms with Crippen molar-refractivity contribution in [2.75, 3.05) is 33.2 Å². The van der Waals surface area contributed by atoms with Crippen LogP contribution in [0.15, 0.2) is 0 Å². The number of carboxylic acid groups (broad SMARTS) is 1. The maximum atomic E-state index is 12.0. The molecule has 0 aromatic heterocycles. The molecule has 0 spiro atoms. The molecule has 0 rings (SSSR count). The second-order valence-electron chi connectivity index (χ2n) is 5.25. The molecule has 2 N–H and O–H groups in total. The summed E-state index contributed by atoms with van der Waals surface area (Å²) in [5, 5.41) is 11.7. The lowest BCUT2D eigenvalue weighted by molar-refractivity contribution is -0.141. The van der Waals surface area contributed by atoms with Crippen molar-refractivity contribution in [2.24, 2.45) is 5.92 Å². The normalized spacial score (nSPS) is 13.9. The molecule has 0 aromatic carbocycles. The first-order valence-corrected chi connectivity index (χ1v) is 7.29. The number of nitrogens with zero attached hydrogens (tertiary/aromatic N) is 2. The quantitative estimate of drug-likeness (QED) is 0.673. The summed E-state index contributed by atoms with van der Waals surface area (Å²) in [5.41, 5.74) is 0. The minimum absolute atomic E-state index is 0.196. The summed E-state index contributed by atoms with van der Waals surface area (Å²) in [7, 11) is 2.03. The van der Waals surface area contributed by atoms with Crippen LogP contribution in [0.5, 0.6) is 0 Å². The fourth-order valence-electron chi connectivity index (χ4n) is 1.75. The van der Waals surface area contributed by atoms with E-state index in [1.807, 2.05) is 14.0 Å². The first-order valence-electron chi connectivity index (χ1n) is 7.29. The van der Waals surface area contributed by atoms with Gasteiger partial charge in [0.15, 0.2) is 0 Å². The molecule has 0 fully saturated rings. The standard InChI is InChI=1S/C14H29N3O3/c1-6-12(4)16(5)9-8-15-14(20)17(7-2)10-11(3)13(18)19/h11-12H,6-10H2,1-5H3,(H,15,20)(H,18,19). The summed E-state index contributed by atoms with van der Waals surface area (Å²) < 4.78 is 0. The van der Waals surface area contributed by atoms with Crippen molar-refractivity contribution in [1.82, 2.24) is 15.1 Å². The van der Waals surface area contributed by atoms with E-state index < -0.39 is 11.9 Å². The summed E-state index contributed by atoms with van der Waals surface area (Å²) in [6.45, 7) is 9.82. The number of hydrogen-bond acceptors (Lipinski definition) is 3. The molecule has 20 heavy (non-hydrogen) atoms. The van der Waals surface area contributed by atoms with Crippen molar-refractivity contribution < 1.29 is 14.7 Å². The van der Waals surface area contributed by atoms with E-state index in [1.165, 1.54) is 4.90 Å². The molecule has 0 aromatic rings. The number of likely N-dealkylation sites (N-methyl/N-ethyl adjacent to an activating group) is 1. The lowest BCUT2D eigenvalue weighted by Crippen LogP contribution is -2.45. The fraction of sp³-hybridized carbons (Fsp3) is 0.857. The number of rotatable bonds is 9. The molecule has 0 saturated carbocycles. The SMILES string of the molecule is CCC(C)N(C)CCNC(=O)N(CC)CC(C)C(=O)O. The van der Waals surface area contributed by atoms with Crippen LogP contribution in [0.2, 0.25) is 0 Å². The largest absolute Gasteiger partial charge is 0.481 e. The molecular weight excluding hydrogens is 258 g/mol. The van der Waals surface area contributed by atoms with Crippen molar-refractivity contribution in [1.29, 1.82) is 0 Å². The van der Waals surface area contributed by atoms with E-state index in [-0.39, 0.29) is 12.6 Å². The number of nitrogens with one attached hydrogen (secondary N) is 1. The van der Waals surface area contributed by atoms with Gasteiger partial charge < -0.3 is 20.2 Å². The van der Waals surface area contributed by atoms with Crippen LogP contribution < -0.4 is 5.32 Å². The molecule has 0 heterocycles. The molecule has 0 aliphatic heterocycles. The number of carboxylic acids is 1. The predicted molar refractivity (Wildman–Crippen MR) is 79.8 cm³/mol. The van der Waals surface area contributed by atoms with Gasteiger partial charge in [-0.1, -0.05) is 13.8 Å². The Bertz CT molecular complexity index is 310. The van der Waals surface area contributed by atoms with E-state index in [0.717, 1.165) is 13.0 Å². The van der Waals surface area contributed by atoms with E-state index in [0.29, 0.717) is 19.1 Å². The van der Waals surface area contributed by atoms with Gasteiger partial charge in [-0.25, -0.2) is 4.79 Å². The van der Waals surface area contributed by atoms with E-state index in [2.05, 4.69) is 24.1 Å². The zero-order valence-electron chi connectivity index (χ0n) is 13.3. The Morgan fingerprint density at radius 1 is 1.25 bits per heavy atom. The van der Waals surface area contributed by atoms with Crippen LogP contribution in [0.1, 0.15) is 34.1 Å². The Labute approximate surface area is 122 Å². The highest BCUT2D eigenvalue weighted by Gasteiger charge is 2.19. The number of aliphatic carboxylic acids is 1. The average Bonchev–Trinajstić information content (AvgIpc) is 2.42. The zero-order valence-corrected chi connectivity index (χ0v) is 13.3. The molecule has 2 amide bonds. The van der Waals surface area contributed by atoms with Crippen LogP contribution in [-0.2, 0) is 4.79 Å². The first-order chi connectivity index (χ1) is 9.33. The minimum Gasteiger partial charge on any atom is -0.481 e. The molecular formula is C14H29N3O3. The van der Waals surface area contributed by atoms with E-state index in [9.17, 15) is 9.59 Å². The molecule has 6 nitrogen and oxygen atoms in total. The van der Waals surface area contributed by atoms with E-state index in [4.69, 9.17) is 5.11 Å². The Morgan fingerprint density at radius 2 is 1.85 bits per heavy atom. The molecule has 118 valence electrons. The molecule has 2 unspecified atom stereocenters. The summed E-state index contributed by atoms with van der Waals surface area (Å²) >= 11 is 0. The van der Waals surface area contributed by atoms with Gasteiger partial charge >= 0.3 is 12.0 Å². The lowest BCUT2D eigenvalue weighted by atomic mass is 10.2. The van der Waals surface area contributed by atoms with Gasteiger partial charge in [0, 0.05) is 32.2 Å². The van der Waals surface area contributed by atoms with Crippen LogP contribution in [0.3, 0.4) is 0 Å². The third-order valence-corrected chi connectivity index (χ3v) is 3.67. The van der Waals surface area contributed by atoms with Crippen LogP contribution >= 0.6 is 0 Å². The van der Waals surface area contributed by atoms with Crippen LogP contribution in [-0.4, -0.2) is 66.2 Å². The summed E-state index contributed by atoms with van der Waals surface area (Å²) in [5.74, 6) is -1.43. The van der Waals surface area contributed by atoms with Gasteiger partial charge in [-0.05, 0) is 27.3 Å². The number of carbonyl (C=O) groups excluding carboxylic acids is 1. The van der Waals surface area contributed by atoms with Gasteiger partial charge in [-0.3, -0.25) is 4.79 Å². The van der Waals surface area contributed by atoms with Gasteiger partial charge in [0.25, 0.3) is 0 Å². The lowest BCUT2D eigenvalue weighted by Gasteiger charge is -2.26. The van der Waals surface area contributed by atoms with Crippen molar-refractivity contribution >= 4 is 12.0 Å². The van der Waals surface area contributed by atoms with Crippen molar-refractivity contribution in [3.8, 4) is 0 Å². The first kappa shape index (κ1) is 18.7. The number of amides is 2. The molecule has 0 bridgehead atoms. The van der Waals surface area contributed by atoms with Gasteiger partial charge in [0.1, 0.15) is 0 Å². The highest BCUT2D eigenvalue weighted by Crippen LogP contribution is 2.01. The Morgan fingerprint density at radius 3 is 2.30 bits per heavy atom. The van der Waals surface area contributed by atoms with Crippen LogP contribution in [0.25, 0.3) is 0 Å². The topological polar surface area (TPSA) is 72.9 Å². The van der Waals surface area contributed by atoms with Gasteiger partial charge in [0.05, 0.1) is 5.92 Å². The average molecular weight is 287 g/mol. The Kier molecular flexibility index (Phi) is 8.96. The summed E-state index contributed by atoms with van der Waals surface area (Å²) in [6, 6.07) is 0.291. The minimum atomic E-state index is -0.882. The van der Waals surface area contributed by atoms with Crippen molar-refractivity contribution in [3.05, 3.63) is 0 Å². The molecule has 0 saturated heterocycles. The maximum absolute atomic E-state index is 12.0. The summed E-state index contributed by atoms with van der Waals surface area (Å²) in [4.78, 5) is 26.5. The second-order valence-corrected chi connectivity index (χ2v) is 5.25. The number of carbonyl (C=O) groups is 2. The smallest absolute Gasteiger partial charge is 0.317 e. The highest BCUT2D eigenvalue weighted by atomic mass is 16.4. The third-order valence-electron chi connectivity index (χ3n) is 3.67. The van der Waals surface area contributed by atoms with Gasteiger partial charge in [-0.15, -0.1) is 0 Å². The molecule has 2 atom stereocenters. The predicted octanol–water partition coefficient (Wildman–Crippen LogP) is 1.47. The molecule has 0 aliphatic carbocycles. The molecule has 6 heteroatoms. The van der Waals surface area contributed by atoms with E-state index >= 15 is 0 Å². The van der Waals surface area contributed by atoms with Crippen molar-refractivity contribution in [3.63, 3.8) is 0 Å². The van der Waals surface area contributed by atoms with E-state index in [1.54, 1.807) is 6.92 Å². The number of hydrogen-bond donors (Lipinski definition) is 2. The van der Waals surface area contributed by atoms with Crippen LogP contribution in [0.4, 0.5) is 4.79 Å². The second kappa shape index (κ2) is 9.58. The zero-order chi connectivity index (χ0) is 15.7. The monoisotopic (exact) mass is 287 g/mol. The fourth-order valence-corrected chi connectivity index (χ4v) is 1.75. The number of urea groups is 1. The van der Waals surface area contributed by atoms with Crippen molar-refractivity contribution in [2.45, 2.75) is 40.2 Å². The Balaban J connectivity index is 4.13. The molecule has 0 aliphatic rings. The highest BCUT2D eigenvalue weighted by molar-refractivity contribution is 5.75. The third kappa shape index (κ3) is 6.75.